The van der Waals surface area contributed by atoms with Crippen molar-refractivity contribution in [2.24, 2.45) is 17.6 Å². The number of hydrogen-bond donors (Lipinski definition) is 2. The van der Waals surface area contributed by atoms with Gasteiger partial charge in [-0.2, -0.15) is 0 Å². The van der Waals surface area contributed by atoms with E-state index in [2.05, 4.69) is 44.7 Å². The zero-order valence-corrected chi connectivity index (χ0v) is 15.4. The van der Waals surface area contributed by atoms with Gasteiger partial charge < -0.3 is 15.8 Å². The fourth-order valence-electron chi connectivity index (χ4n) is 0.634. The highest BCUT2D eigenvalue weighted by atomic mass is 16.5. The summed E-state index contributed by atoms with van der Waals surface area (Å²) in [5.74, 6) is 1.24. The Kier molecular flexibility index (Phi) is 36.5. The Bertz CT molecular complexity index is 193. The summed E-state index contributed by atoms with van der Waals surface area (Å²) in [6, 6.07) is 0. The molecule has 0 spiro atoms. The molecule has 0 aromatic heterocycles. The van der Waals surface area contributed by atoms with Gasteiger partial charge in [0.15, 0.2) is 0 Å². The average Bonchev–Trinajstić information content (AvgIpc) is 2.39. The fraction of sp³-hybridized carbons (Fsp3) is 0.875. The lowest BCUT2D eigenvalue weighted by Gasteiger charge is -2.00. The zero-order chi connectivity index (χ0) is 17.7. The number of hydrogen-bond acceptors (Lipinski definition) is 4. The lowest BCUT2D eigenvalue weighted by Crippen LogP contribution is -2.13. The van der Waals surface area contributed by atoms with Gasteiger partial charge in [0.25, 0.3) is 0 Å². The van der Waals surface area contributed by atoms with E-state index < -0.39 is 0 Å². The second-order valence-corrected chi connectivity index (χ2v) is 5.12. The summed E-state index contributed by atoms with van der Waals surface area (Å²) in [6.07, 6.45) is 1.81. The van der Waals surface area contributed by atoms with Crippen LogP contribution in [0.1, 0.15) is 61.8 Å². The van der Waals surface area contributed by atoms with Gasteiger partial charge in [0.05, 0.1) is 0 Å². The number of carbonyl (C=O) groups excluding carboxylic acids is 2. The molecule has 21 heavy (non-hydrogen) atoms. The highest BCUT2D eigenvalue weighted by Gasteiger charge is 1.89. The van der Waals surface area contributed by atoms with E-state index in [-0.39, 0.29) is 5.97 Å². The van der Waals surface area contributed by atoms with Crippen LogP contribution in [0.3, 0.4) is 0 Å². The summed E-state index contributed by atoms with van der Waals surface area (Å²) >= 11 is 0. The molecule has 5 heteroatoms. The first-order valence-electron chi connectivity index (χ1n) is 7.78. The number of amides is 1. The summed E-state index contributed by atoms with van der Waals surface area (Å²) < 4.78 is 4.43. The number of nitrogens with one attached hydrogen (secondary N) is 1. The maximum Gasteiger partial charge on any atom is 0.302 e. The van der Waals surface area contributed by atoms with E-state index in [0.717, 1.165) is 25.3 Å². The van der Waals surface area contributed by atoms with E-state index in [9.17, 15) is 9.59 Å². The van der Waals surface area contributed by atoms with Crippen molar-refractivity contribution in [3.63, 3.8) is 0 Å². The largest absolute Gasteiger partial charge is 0.465 e. The van der Waals surface area contributed by atoms with E-state index >= 15 is 0 Å². The maximum absolute atomic E-state index is 9.92. The Morgan fingerprint density at radius 3 is 1.81 bits per heavy atom. The second kappa shape index (κ2) is 27.3. The third kappa shape index (κ3) is 86.5. The van der Waals surface area contributed by atoms with Crippen molar-refractivity contribution in [2.75, 3.05) is 19.7 Å². The second-order valence-electron chi connectivity index (χ2n) is 5.12. The molecule has 0 heterocycles. The summed E-state index contributed by atoms with van der Waals surface area (Å²) in [5, 5.41) is 2.60. The highest BCUT2D eigenvalue weighted by Crippen LogP contribution is 1.95. The molecule has 0 fully saturated rings. The predicted molar refractivity (Wildman–Crippen MR) is 91.1 cm³/mol. The Hall–Kier alpha value is -1.10. The molecule has 0 unspecified atom stereocenters. The third-order valence-corrected chi connectivity index (χ3v) is 1.37. The first-order chi connectivity index (χ1) is 9.77. The van der Waals surface area contributed by atoms with E-state index in [4.69, 9.17) is 5.73 Å². The van der Waals surface area contributed by atoms with Crippen molar-refractivity contribution in [1.29, 1.82) is 0 Å². The molecule has 0 aromatic rings. The lowest BCUT2D eigenvalue weighted by atomic mass is 10.1. The molecular formula is C16H38N2O3. The predicted octanol–water partition coefficient (Wildman–Crippen LogP) is 2.98. The Labute approximate surface area is 132 Å². The van der Waals surface area contributed by atoms with Crippen molar-refractivity contribution < 1.29 is 14.3 Å². The van der Waals surface area contributed by atoms with Crippen molar-refractivity contribution in [3.05, 3.63) is 0 Å². The molecule has 0 aliphatic heterocycles. The van der Waals surface area contributed by atoms with E-state index in [0.29, 0.717) is 19.1 Å². The van der Waals surface area contributed by atoms with Crippen LogP contribution in [-0.4, -0.2) is 32.1 Å². The molecule has 0 aromatic carbocycles. The van der Waals surface area contributed by atoms with Gasteiger partial charge in [-0.05, 0) is 18.3 Å². The van der Waals surface area contributed by atoms with Crippen LogP contribution in [0.25, 0.3) is 0 Å². The maximum atomic E-state index is 9.92. The first-order valence-corrected chi connectivity index (χ1v) is 7.78. The third-order valence-electron chi connectivity index (χ3n) is 1.37. The Morgan fingerprint density at radius 2 is 1.62 bits per heavy atom. The molecule has 5 nitrogen and oxygen atoms in total. The molecule has 3 N–H and O–H groups in total. The van der Waals surface area contributed by atoms with E-state index in [1.165, 1.54) is 6.92 Å². The van der Waals surface area contributed by atoms with Crippen LogP contribution >= 0.6 is 0 Å². The average molecular weight is 306 g/mol. The highest BCUT2D eigenvalue weighted by molar-refractivity contribution is 5.65. The summed E-state index contributed by atoms with van der Waals surface area (Å²) in [4.78, 5) is 19.6. The number of ether oxygens (including phenoxy) is 1. The van der Waals surface area contributed by atoms with Crippen molar-refractivity contribution >= 4 is 12.4 Å². The minimum absolute atomic E-state index is 0.273. The van der Waals surface area contributed by atoms with Gasteiger partial charge in [-0.15, -0.1) is 0 Å². The van der Waals surface area contributed by atoms with Crippen molar-refractivity contribution in [2.45, 2.75) is 61.8 Å². The number of esters is 1. The van der Waals surface area contributed by atoms with Crippen LogP contribution in [0.2, 0.25) is 0 Å². The SMILES string of the molecule is CC.CC(=O)OCCN.CC(C)C.CC(C)CCNC=O. The van der Waals surface area contributed by atoms with E-state index in [1.54, 1.807) is 0 Å². The molecule has 130 valence electrons. The van der Waals surface area contributed by atoms with Gasteiger partial charge in [-0.25, -0.2) is 0 Å². The molecule has 0 atom stereocenters. The van der Waals surface area contributed by atoms with E-state index in [1.807, 2.05) is 13.8 Å². The van der Waals surface area contributed by atoms with Crippen LogP contribution in [0, 0.1) is 11.8 Å². The number of carbonyl (C=O) groups is 2. The van der Waals surface area contributed by atoms with Gasteiger partial charge in [0, 0.05) is 20.0 Å². The molecule has 0 radical (unpaired) electrons. The molecule has 0 aliphatic rings. The molecule has 0 rings (SSSR count). The minimum Gasteiger partial charge on any atom is -0.465 e. The number of rotatable bonds is 6. The quantitative estimate of drug-likeness (QED) is 0.449. The van der Waals surface area contributed by atoms with Gasteiger partial charge in [0.1, 0.15) is 6.61 Å². The molecule has 0 bridgehead atoms. The van der Waals surface area contributed by atoms with Crippen molar-refractivity contribution in [3.8, 4) is 0 Å². The Morgan fingerprint density at radius 1 is 1.19 bits per heavy atom. The summed E-state index contributed by atoms with van der Waals surface area (Å²) in [7, 11) is 0. The Balaban J connectivity index is -0.000000102. The molecule has 0 saturated heterocycles. The van der Waals surface area contributed by atoms with Crippen LogP contribution in [0.4, 0.5) is 0 Å². The molecule has 0 aliphatic carbocycles. The lowest BCUT2D eigenvalue weighted by molar-refractivity contribution is -0.140. The van der Waals surface area contributed by atoms with Crippen LogP contribution < -0.4 is 11.1 Å². The minimum atomic E-state index is -0.273. The van der Waals surface area contributed by atoms with Crippen molar-refractivity contribution in [1.82, 2.24) is 5.32 Å². The smallest absolute Gasteiger partial charge is 0.302 e. The van der Waals surface area contributed by atoms with Gasteiger partial charge in [-0.3, -0.25) is 9.59 Å². The summed E-state index contributed by atoms with van der Waals surface area (Å²) in [5.41, 5.74) is 5.00. The normalized spacial score (nSPS) is 8.33. The van der Waals surface area contributed by atoms with Crippen LogP contribution in [-0.2, 0) is 14.3 Å². The fourth-order valence-corrected chi connectivity index (χ4v) is 0.634. The van der Waals surface area contributed by atoms with Crippen LogP contribution in [0.15, 0.2) is 0 Å². The monoisotopic (exact) mass is 306 g/mol. The zero-order valence-electron chi connectivity index (χ0n) is 15.4. The van der Waals surface area contributed by atoms with Gasteiger partial charge in [0.2, 0.25) is 6.41 Å². The first kappa shape index (κ1) is 28.1. The number of nitrogens with two attached hydrogens (primary N) is 1. The van der Waals surface area contributed by atoms with Gasteiger partial charge >= 0.3 is 5.97 Å². The van der Waals surface area contributed by atoms with Gasteiger partial charge in [-0.1, -0.05) is 48.5 Å². The van der Waals surface area contributed by atoms with Crippen LogP contribution in [0.5, 0.6) is 0 Å². The topological polar surface area (TPSA) is 81.4 Å². The standard InChI is InChI=1S/C6H13NO.C4H9NO2.C4H10.C2H6/c1-6(2)3-4-7-5-8;1-4(6)7-3-2-5;1-4(2)3;1-2/h5-6H,3-4H2,1-2H3,(H,7,8);2-3,5H2,1H3;4H,1-3H3;1-2H3. The summed E-state index contributed by atoms with van der Waals surface area (Å²) in [6.45, 7) is 17.7. The molecular weight excluding hydrogens is 268 g/mol. The molecule has 0 saturated carbocycles. The molecule has 1 amide bonds.